The molecule has 2 heteroatoms. The maximum absolute atomic E-state index is 11.2. The Hall–Kier alpha value is -0.530. The summed E-state index contributed by atoms with van der Waals surface area (Å²) in [5.41, 5.74) is 5.08. The zero-order valence-corrected chi connectivity index (χ0v) is 17.7. The largest absolute Gasteiger partial charge is 0.369 e. The molecule has 0 fully saturated rings. The number of carbonyl (C=O) groups excluding carboxylic acids is 1. The average Bonchev–Trinajstić information content (AvgIpc) is 2.57. The SMILES string of the molecule is CCCCCCCCCCCCCCCCCCCC(C)(C)C(N)=O. The van der Waals surface area contributed by atoms with E-state index in [1.807, 2.05) is 13.8 Å². The van der Waals surface area contributed by atoms with Gasteiger partial charge in [-0.1, -0.05) is 130 Å². The highest BCUT2D eigenvalue weighted by Crippen LogP contribution is 2.23. The van der Waals surface area contributed by atoms with Crippen LogP contribution in [0.1, 0.15) is 136 Å². The molecule has 0 aromatic rings. The Bertz CT molecular complexity index is 298. The van der Waals surface area contributed by atoms with Gasteiger partial charge in [0.25, 0.3) is 0 Å². The van der Waals surface area contributed by atoms with E-state index < -0.39 is 0 Å². The van der Waals surface area contributed by atoms with Crippen LogP contribution in [-0.4, -0.2) is 5.91 Å². The molecule has 0 saturated carbocycles. The molecular weight excluding hydrogens is 306 g/mol. The smallest absolute Gasteiger partial charge is 0.223 e. The third-order valence-electron chi connectivity index (χ3n) is 5.57. The van der Waals surface area contributed by atoms with Crippen LogP contribution in [0.4, 0.5) is 0 Å². The minimum Gasteiger partial charge on any atom is -0.369 e. The molecule has 0 bridgehead atoms. The molecular formula is C23H47NO. The number of nitrogens with two attached hydrogens (primary N) is 1. The summed E-state index contributed by atoms with van der Waals surface area (Å²) >= 11 is 0. The van der Waals surface area contributed by atoms with Gasteiger partial charge in [-0.3, -0.25) is 4.79 Å². The third-order valence-corrected chi connectivity index (χ3v) is 5.57. The van der Waals surface area contributed by atoms with Crippen molar-refractivity contribution < 1.29 is 4.79 Å². The maximum atomic E-state index is 11.2. The summed E-state index contributed by atoms with van der Waals surface area (Å²) in [4.78, 5) is 11.2. The van der Waals surface area contributed by atoms with Crippen LogP contribution in [0.25, 0.3) is 0 Å². The summed E-state index contributed by atoms with van der Waals surface area (Å²) < 4.78 is 0. The van der Waals surface area contributed by atoms with Gasteiger partial charge in [0.1, 0.15) is 0 Å². The summed E-state index contributed by atoms with van der Waals surface area (Å²) in [5.74, 6) is -0.163. The van der Waals surface area contributed by atoms with Crippen molar-refractivity contribution in [3.8, 4) is 0 Å². The van der Waals surface area contributed by atoms with E-state index in [2.05, 4.69) is 6.92 Å². The fourth-order valence-electron chi connectivity index (χ4n) is 3.42. The second-order valence-corrected chi connectivity index (χ2v) is 8.65. The maximum Gasteiger partial charge on any atom is 0.223 e. The van der Waals surface area contributed by atoms with Gasteiger partial charge in [0.15, 0.2) is 0 Å². The lowest BCUT2D eigenvalue weighted by Gasteiger charge is -2.19. The molecule has 25 heavy (non-hydrogen) atoms. The van der Waals surface area contributed by atoms with Crippen LogP contribution in [0.3, 0.4) is 0 Å². The number of hydrogen-bond donors (Lipinski definition) is 1. The van der Waals surface area contributed by atoms with Crippen LogP contribution >= 0.6 is 0 Å². The minimum absolute atomic E-state index is 0.163. The number of hydrogen-bond acceptors (Lipinski definition) is 1. The van der Waals surface area contributed by atoms with Crippen molar-refractivity contribution >= 4 is 5.91 Å². The van der Waals surface area contributed by atoms with Gasteiger partial charge in [0.05, 0.1) is 0 Å². The molecule has 1 amide bonds. The van der Waals surface area contributed by atoms with E-state index in [0.717, 1.165) is 12.8 Å². The van der Waals surface area contributed by atoms with Crippen molar-refractivity contribution in [1.82, 2.24) is 0 Å². The Morgan fingerprint density at radius 2 is 0.880 bits per heavy atom. The fraction of sp³-hybridized carbons (Fsp3) is 0.957. The molecule has 0 aliphatic carbocycles. The van der Waals surface area contributed by atoms with Crippen molar-refractivity contribution in [2.45, 2.75) is 136 Å². The van der Waals surface area contributed by atoms with Gasteiger partial charge in [-0.05, 0) is 6.42 Å². The molecule has 0 aromatic carbocycles. The van der Waals surface area contributed by atoms with E-state index in [9.17, 15) is 4.79 Å². The highest BCUT2D eigenvalue weighted by atomic mass is 16.1. The highest BCUT2D eigenvalue weighted by molar-refractivity contribution is 5.79. The number of amides is 1. The predicted octanol–water partition coefficient (Wildman–Crippen LogP) is 7.54. The second-order valence-electron chi connectivity index (χ2n) is 8.65. The molecule has 0 unspecified atom stereocenters. The predicted molar refractivity (Wildman–Crippen MR) is 112 cm³/mol. The molecule has 2 nitrogen and oxygen atoms in total. The van der Waals surface area contributed by atoms with E-state index in [1.54, 1.807) is 0 Å². The van der Waals surface area contributed by atoms with Gasteiger partial charge in [-0.25, -0.2) is 0 Å². The molecule has 0 radical (unpaired) electrons. The number of carbonyl (C=O) groups is 1. The molecule has 0 aliphatic heterocycles. The van der Waals surface area contributed by atoms with Gasteiger partial charge in [-0.2, -0.15) is 0 Å². The van der Waals surface area contributed by atoms with Crippen molar-refractivity contribution in [3.05, 3.63) is 0 Å². The summed E-state index contributed by atoms with van der Waals surface area (Å²) in [6.45, 7) is 6.21. The number of unbranched alkanes of at least 4 members (excludes halogenated alkanes) is 16. The molecule has 150 valence electrons. The van der Waals surface area contributed by atoms with Crippen LogP contribution in [-0.2, 0) is 4.79 Å². The van der Waals surface area contributed by atoms with E-state index in [4.69, 9.17) is 5.73 Å². The first-order valence-electron chi connectivity index (χ1n) is 11.3. The van der Waals surface area contributed by atoms with Gasteiger partial charge in [-0.15, -0.1) is 0 Å². The lowest BCUT2D eigenvalue weighted by atomic mass is 9.86. The molecule has 2 N–H and O–H groups in total. The van der Waals surface area contributed by atoms with E-state index in [1.165, 1.54) is 103 Å². The monoisotopic (exact) mass is 353 g/mol. The van der Waals surface area contributed by atoms with Crippen LogP contribution in [0.15, 0.2) is 0 Å². The van der Waals surface area contributed by atoms with Crippen LogP contribution < -0.4 is 5.73 Å². The van der Waals surface area contributed by atoms with Crippen LogP contribution in [0.5, 0.6) is 0 Å². The molecule has 0 heterocycles. The Balaban J connectivity index is 3.13. The summed E-state index contributed by atoms with van der Waals surface area (Å²) in [6, 6.07) is 0. The first kappa shape index (κ1) is 24.5. The van der Waals surface area contributed by atoms with Crippen molar-refractivity contribution in [3.63, 3.8) is 0 Å². The quantitative estimate of drug-likeness (QED) is 0.239. The first-order chi connectivity index (χ1) is 12.0. The van der Waals surface area contributed by atoms with E-state index >= 15 is 0 Å². The van der Waals surface area contributed by atoms with Gasteiger partial charge >= 0.3 is 0 Å². The Morgan fingerprint density at radius 1 is 0.600 bits per heavy atom. The lowest BCUT2D eigenvalue weighted by Crippen LogP contribution is -2.31. The molecule has 0 saturated heterocycles. The summed E-state index contributed by atoms with van der Waals surface area (Å²) in [7, 11) is 0. The van der Waals surface area contributed by atoms with Crippen molar-refractivity contribution in [1.29, 1.82) is 0 Å². The standard InChI is InChI=1S/C23H47NO/c1-4-5-6-7-8-9-10-11-12-13-14-15-16-17-18-19-20-21-23(2,3)22(24)25/h4-21H2,1-3H3,(H2,24,25). The number of primary amides is 1. The molecule has 0 aromatic heterocycles. The molecule has 0 spiro atoms. The van der Waals surface area contributed by atoms with Gasteiger partial charge < -0.3 is 5.73 Å². The van der Waals surface area contributed by atoms with Gasteiger partial charge in [0.2, 0.25) is 5.91 Å². The fourth-order valence-corrected chi connectivity index (χ4v) is 3.42. The summed E-state index contributed by atoms with van der Waals surface area (Å²) in [5, 5.41) is 0. The highest BCUT2D eigenvalue weighted by Gasteiger charge is 2.23. The lowest BCUT2D eigenvalue weighted by molar-refractivity contribution is -0.126. The normalized spacial score (nSPS) is 11.8. The zero-order chi connectivity index (χ0) is 18.8. The zero-order valence-electron chi connectivity index (χ0n) is 17.7. The van der Waals surface area contributed by atoms with E-state index in [-0.39, 0.29) is 11.3 Å². The third kappa shape index (κ3) is 16.7. The Labute approximate surface area is 158 Å². The van der Waals surface area contributed by atoms with Crippen molar-refractivity contribution in [2.75, 3.05) is 0 Å². The Morgan fingerprint density at radius 3 is 1.16 bits per heavy atom. The first-order valence-corrected chi connectivity index (χ1v) is 11.3. The molecule has 0 atom stereocenters. The minimum atomic E-state index is -0.324. The number of rotatable bonds is 19. The van der Waals surface area contributed by atoms with E-state index in [0.29, 0.717) is 0 Å². The topological polar surface area (TPSA) is 43.1 Å². The van der Waals surface area contributed by atoms with Gasteiger partial charge in [0, 0.05) is 5.41 Å². The average molecular weight is 354 g/mol. The second kappa shape index (κ2) is 16.9. The molecule has 0 rings (SSSR count). The Kier molecular flexibility index (Phi) is 16.6. The van der Waals surface area contributed by atoms with Crippen LogP contribution in [0, 0.1) is 5.41 Å². The molecule has 0 aliphatic rings. The van der Waals surface area contributed by atoms with Crippen molar-refractivity contribution in [2.24, 2.45) is 11.1 Å². The van der Waals surface area contributed by atoms with Crippen LogP contribution in [0.2, 0.25) is 0 Å². The summed E-state index contributed by atoms with van der Waals surface area (Å²) in [6.07, 6.45) is 24.5.